The molecule has 144 valence electrons. The van der Waals surface area contributed by atoms with Gasteiger partial charge in [-0.1, -0.05) is 30.3 Å². The molecule has 0 aliphatic carbocycles. The third-order valence-corrected chi connectivity index (χ3v) is 5.93. The van der Waals surface area contributed by atoms with E-state index in [4.69, 9.17) is 9.98 Å². The van der Waals surface area contributed by atoms with E-state index in [-0.39, 0.29) is 0 Å². The van der Waals surface area contributed by atoms with Crippen LogP contribution in [0.4, 0.5) is 5.69 Å². The summed E-state index contributed by atoms with van der Waals surface area (Å²) in [7, 11) is 0. The molecule has 0 spiro atoms. The van der Waals surface area contributed by atoms with Crippen molar-refractivity contribution in [2.24, 2.45) is 4.99 Å². The molecule has 3 aliphatic rings. The van der Waals surface area contributed by atoms with Crippen molar-refractivity contribution in [2.75, 3.05) is 0 Å². The number of hydrogen-bond donors (Lipinski definition) is 1. The summed E-state index contributed by atoms with van der Waals surface area (Å²) >= 11 is 0. The molecule has 8 bridgehead atoms. The average Bonchev–Trinajstić information content (AvgIpc) is 3.23. The molecule has 1 aromatic carbocycles. The Kier molecular flexibility index (Phi) is 3.21. The minimum Gasteiger partial charge on any atom is -0.353 e. The molecule has 0 atom stereocenters. The molecule has 0 saturated carbocycles. The van der Waals surface area contributed by atoms with E-state index in [0.717, 1.165) is 66.9 Å². The van der Waals surface area contributed by atoms with Crippen LogP contribution in [0.25, 0.3) is 44.9 Å². The summed E-state index contributed by atoms with van der Waals surface area (Å²) in [5, 5.41) is 5.43. The highest BCUT2D eigenvalue weighted by molar-refractivity contribution is 5.91. The normalized spacial score (nSPS) is 14.3. The summed E-state index contributed by atoms with van der Waals surface area (Å²) in [6.07, 6.45) is 13.7. The summed E-state index contributed by atoms with van der Waals surface area (Å²) in [6.45, 7) is 0. The smallest absolute Gasteiger partial charge is 0.0871 e. The number of nitrogens with zero attached hydrogens (tertiary/aromatic N) is 4. The number of benzene rings is 1. The number of rotatable bonds is 0. The SMILES string of the molecule is C1=CC2=c3cncc4c3=Nc3c(cncc3-4)-c3cccc(c3)-c3cccc(n3)C(=C1)N2. The first-order chi connectivity index (χ1) is 15.3. The van der Waals surface area contributed by atoms with E-state index in [1.54, 1.807) is 0 Å². The van der Waals surface area contributed by atoms with Gasteiger partial charge in [0, 0.05) is 58.0 Å². The second kappa shape index (κ2) is 6.06. The van der Waals surface area contributed by atoms with E-state index < -0.39 is 0 Å². The Morgan fingerprint density at radius 3 is 2.55 bits per heavy atom. The van der Waals surface area contributed by atoms with Gasteiger partial charge in [-0.05, 0) is 35.9 Å². The molecule has 0 fully saturated rings. The van der Waals surface area contributed by atoms with E-state index in [1.807, 2.05) is 55.1 Å². The predicted molar refractivity (Wildman–Crippen MR) is 120 cm³/mol. The van der Waals surface area contributed by atoms with Crippen LogP contribution in [0.3, 0.4) is 0 Å². The maximum absolute atomic E-state index is 5.08. The molecular weight excluding hydrogens is 382 g/mol. The predicted octanol–water partition coefficient (Wildman–Crippen LogP) is 3.76. The molecule has 4 aromatic rings. The van der Waals surface area contributed by atoms with Crippen molar-refractivity contribution in [1.82, 2.24) is 20.3 Å². The fraction of sp³-hybridized carbons (Fsp3) is 0. The van der Waals surface area contributed by atoms with Gasteiger partial charge in [-0.25, -0.2) is 9.98 Å². The Morgan fingerprint density at radius 1 is 0.742 bits per heavy atom. The van der Waals surface area contributed by atoms with Crippen molar-refractivity contribution in [3.8, 4) is 33.5 Å². The monoisotopic (exact) mass is 397 g/mol. The first-order valence-corrected chi connectivity index (χ1v) is 10.1. The minimum absolute atomic E-state index is 0.891. The Balaban J connectivity index is 1.65. The lowest BCUT2D eigenvalue weighted by molar-refractivity contribution is 1.14. The molecule has 7 rings (SSSR count). The van der Waals surface area contributed by atoms with Gasteiger partial charge in [0.25, 0.3) is 0 Å². The average molecular weight is 397 g/mol. The fourth-order valence-corrected chi connectivity index (χ4v) is 4.43. The first kappa shape index (κ1) is 16.4. The Hall–Kier alpha value is -4.38. The van der Waals surface area contributed by atoms with Crippen LogP contribution < -0.4 is 15.9 Å². The van der Waals surface area contributed by atoms with E-state index in [1.165, 1.54) is 0 Å². The van der Waals surface area contributed by atoms with Crippen molar-refractivity contribution < 1.29 is 0 Å². The van der Waals surface area contributed by atoms with Crippen molar-refractivity contribution >= 4 is 17.1 Å². The second-order valence-corrected chi connectivity index (χ2v) is 7.75. The van der Waals surface area contributed by atoms with Gasteiger partial charge >= 0.3 is 0 Å². The lowest BCUT2D eigenvalue weighted by Crippen LogP contribution is -2.32. The zero-order valence-electron chi connectivity index (χ0n) is 16.4. The van der Waals surface area contributed by atoms with Crippen LogP contribution in [-0.2, 0) is 0 Å². The van der Waals surface area contributed by atoms with Crippen LogP contribution in [0.5, 0.6) is 0 Å². The summed E-state index contributed by atoms with van der Waals surface area (Å²) in [5.74, 6) is 0. The maximum Gasteiger partial charge on any atom is 0.0871 e. The van der Waals surface area contributed by atoms with Crippen LogP contribution in [-0.4, -0.2) is 15.0 Å². The van der Waals surface area contributed by atoms with Crippen LogP contribution in [0.15, 0.2) is 90.5 Å². The molecule has 0 saturated heterocycles. The van der Waals surface area contributed by atoms with Crippen molar-refractivity contribution in [3.05, 3.63) is 102 Å². The van der Waals surface area contributed by atoms with Crippen molar-refractivity contribution in [3.63, 3.8) is 0 Å². The highest BCUT2D eigenvalue weighted by Gasteiger charge is 2.21. The Morgan fingerprint density at radius 2 is 1.55 bits per heavy atom. The van der Waals surface area contributed by atoms with Gasteiger partial charge in [-0.3, -0.25) is 9.97 Å². The van der Waals surface area contributed by atoms with Crippen LogP contribution >= 0.6 is 0 Å². The highest BCUT2D eigenvalue weighted by atomic mass is 14.9. The summed E-state index contributed by atoms with van der Waals surface area (Å²) in [4.78, 5) is 19.1. The quantitative estimate of drug-likeness (QED) is 0.432. The van der Waals surface area contributed by atoms with Gasteiger partial charge < -0.3 is 5.32 Å². The zero-order chi connectivity index (χ0) is 20.4. The van der Waals surface area contributed by atoms with Gasteiger partial charge in [0.15, 0.2) is 0 Å². The lowest BCUT2D eigenvalue weighted by atomic mass is 9.99. The number of aromatic nitrogens is 3. The molecule has 5 nitrogen and oxygen atoms in total. The maximum atomic E-state index is 5.08. The second-order valence-electron chi connectivity index (χ2n) is 7.75. The largest absolute Gasteiger partial charge is 0.353 e. The summed E-state index contributed by atoms with van der Waals surface area (Å²) in [6, 6.07) is 14.5. The van der Waals surface area contributed by atoms with Crippen molar-refractivity contribution in [1.29, 1.82) is 0 Å². The first-order valence-electron chi connectivity index (χ1n) is 10.1. The Labute approximate surface area is 177 Å². The number of hydrogen-bond acceptors (Lipinski definition) is 5. The number of allylic oxidation sites excluding steroid dienone is 2. The van der Waals surface area contributed by atoms with Crippen molar-refractivity contribution in [2.45, 2.75) is 0 Å². The molecule has 0 amide bonds. The third kappa shape index (κ3) is 2.37. The van der Waals surface area contributed by atoms with Gasteiger partial charge in [0.1, 0.15) is 0 Å². The van der Waals surface area contributed by atoms with Crippen LogP contribution in [0, 0.1) is 0 Å². The number of dihydropyridines is 1. The summed E-state index contributed by atoms with van der Waals surface area (Å²) in [5.41, 5.74) is 9.81. The molecule has 5 heteroatoms. The molecule has 0 radical (unpaired) electrons. The van der Waals surface area contributed by atoms with Crippen LogP contribution in [0.1, 0.15) is 5.69 Å². The lowest BCUT2D eigenvalue weighted by Gasteiger charge is -2.16. The van der Waals surface area contributed by atoms with E-state index >= 15 is 0 Å². The molecule has 0 unspecified atom stereocenters. The number of pyridine rings is 3. The number of fused-ring (bicyclic) bond motifs is 10. The third-order valence-electron chi connectivity index (χ3n) is 5.93. The summed E-state index contributed by atoms with van der Waals surface area (Å²) < 4.78 is 0. The minimum atomic E-state index is 0.891. The Bertz CT molecular complexity index is 1610. The molecule has 3 aliphatic heterocycles. The molecule has 6 heterocycles. The molecule has 3 aromatic heterocycles. The molecular formula is C26H15N5. The van der Waals surface area contributed by atoms with E-state index in [2.05, 4.69) is 45.6 Å². The fourth-order valence-electron chi connectivity index (χ4n) is 4.43. The van der Waals surface area contributed by atoms with Crippen LogP contribution in [0.2, 0.25) is 0 Å². The van der Waals surface area contributed by atoms with Gasteiger partial charge in [0.05, 0.1) is 28.1 Å². The number of nitrogens with one attached hydrogen (secondary N) is 1. The molecule has 31 heavy (non-hydrogen) atoms. The van der Waals surface area contributed by atoms with E-state index in [9.17, 15) is 0 Å². The van der Waals surface area contributed by atoms with Gasteiger partial charge in [-0.2, -0.15) is 0 Å². The standard InChI is InChI=1S/C26H15N5/c1-4-15-10-16(5-1)21-6-2-8-23(29-21)24-9-3-7-22(30-24)20-14-28-13-19-18-12-27-11-17(15)25(18)31-26(19)20/h1-14,30H. The van der Waals surface area contributed by atoms with E-state index in [0.29, 0.717) is 0 Å². The van der Waals surface area contributed by atoms with Gasteiger partial charge in [-0.15, -0.1) is 0 Å². The zero-order valence-corrected chi connectivity index (χ0v) is 16.4. The van der Waals surface area contributed by atoms with Gasteiger partial charge in [0.2, 0.25) is 0 Å². The highest BCUT2D eigenvalue weighted by Crippen LogP contribution is 2.40. The molecule has 1 N–H and O–H groups in total. The topological polar surface area (TPSA) is 63.1 Å².